The molecule has 0 radical (unpaired) electrons. The Balaban J connectivity index is 1.25. The maximum atomic E-state index is 12.6. The summed E-state index contributed by atoms with van der Waals surface area (Å²) in [5.41, 5.74) is 1.32. The van der Waals surface area contributed by atoms with E-state index in [0.717, 1.165) is 61.1 Å². The van der Waals surface area contributed by atoms with Gasteiger partial charge in [-0.05, 0) is 43.4 Å². The molecule has 6 heteroatoms. The molecule has 0 unspecified atom stereocenters. The Morgan fingerprint density at radius 2 is 1.65 bits per heavy atom. The van der Waals surface area contributed by atoms with Crippen LogP contribution in [0.3, 0.4) is 0 Å². The molecule has 31 heavy (non-hydrogen) atoms. The maximum absolute atomic E-state index is 12.6. The summed E-state index contributed by atoms with van der Waals surface area (Å²) in [5.74, 6) is 1.18. The number of aromatic nitrogens is 2. The second-order valence-corrected chi connectivity index (χ2v) is 8.80. The van der Waals surface area contributed by atoms with Crippen LogP contribution >= 0.6 is 11.8 Å². The van der Waals surface area contributed by atoms with Crippen LogP contribution in [0.2, 0.25) is 0 Å². The summed E-state index contributed by atoms with van der Waals surface area (Å²) < 4.78 is 0. The monoisotopic (exact) mass is 432 g/mol. The van der Waals surface area contributed by atoms with E-state index in [1.807, 2.05) is 24.3 Å². The van der Waals surface area contributed by atoms with Crippen molar-refractivity contribution in [1.29, 1.82) is 0 Å². The van der Waals surface area contributed by atoms with Crippen molar-refractivity contribution in [2.75, 3.05) is 24.5 Å². The normalized spacial score (nSPS) is 14.4. The lowest BCUT2D eigenvalue weighted by Gasteiger charge is -2.32. The fraction of sp³-hybridized carbons (Fsp3) is 0.320. The topological polar surface area (TPSA) is 58.1 Å². The van der Waals surface area contributed by atoms with Crippen LogP contribution in [0.4, 0.5) is 5.82 Å². The standard InChI is InChI=1S/C25H28N4OS/c30-24(27-15-7-10-20-8-3-1-4-9-20)21-13-18-29(19-14-21)23-25(28-17-16-26-23)31-22-11-5-2-6-12-22/h1-6,8-9,11-12,16-17,21H,7,10,13-15,18-19H2,(H,27,30). The number of nitrogens with one attached hydrogen (secondary N) is 1. The third-order valence-electron chi connectivity index (χ3n) is 5.55. The van der Waals surface area contributed by atoms with Gasteiger partial charge in [0, 0.05) is 42.8 Å². The predicted molar refractivity (Wildman–Crippen MR) is 125 cm³/mol. The van der Waals surface area contributed by atoms with E-state index >= 15 is 0 Å². The molecule has 1 N–H and O–H groups in total. The molecule has 1 aliphatic heterocycles. The zero-order chi connectivity index (χ0) is 21.3. The number of hydrogen-bond donors (Lipinski definition) is 1. The van der Waals surface area contributed by atoms with Crippen molar-refractivity contribution in [2.24, 2.45) is 5.92 Å². The van der Waals surface area contributed by atoms with Gasteiger partial charge >= 0.3 is 0 Å². The number of amides is 1. The van der Waals surface area contributed by atoms with Crippen molar-refractivity contribution in [3.05, 3.63) is 78.6 Å². The average Bonchev–Trinajstić information content (AvgIpc) is 2.83. The molecule has 0 atom stereocenters. The summed E-state index contributed by atoms with van der Waals surface area (Å²) in [7, 11) is 0. The molecule has 3 aromatic rings. The van der Waals surface area contributed by atoms with Crippen LogP contribution in [0.5, 0.6) is 0 Å². The third-order valence-corrected chi connectivity index (χ3v) is 6.54. The molecule has 0 saturated carbocycles. The molecule has 0 aliphatic carbocycles. The Morgan fingerprint density at radius 1 is 0.968 bits per heavy atom. The second kappa shape index (κ2) is 11.0. The highest BCUT2D eigenvalue weighted by Crippen LogP contribution is 2.33. The van der Waals surface area contributed by atoms with E-state index in [1.165, 1.54) is 5.56 Å². The van der Waals surface area contributed by atoms with Gasteiger partial charge in [0.05, 0.1) is 0 Å². The van der Waals surface area contributed by atoms with Crippen molar-refractivity contribution in [2.45, 2.75) is 35.6 Å². The summed E-state index contributed by atoms with van der Waals surface area (Å²) in [6.07, 6.45) is 7.13. The number of hydrogen-bond acceptors (Lipinski definition) is 5. The minimum Gasteiger partial charge on any atom is -0.356 e. The summed E-state index contributed by atoms with van der Waals surface area (Å²) in [6, 6.07) is 20.6. The quantitative estimate of drug-likeness (QED) is 0.528. The van der Waals surface area contributed by atoms with Crippen LogP contribution in [0, 0.1) is 5.92 Å². The minimum atomic E-state index is 0.0786. The van der Waals surface area contributed by atoms with Crippen LogP contribution in [-0.2, 0) is 11.2 Å². The molecular weight excluding hydrogens is 404 g/mol. The van der Waals surface area contributed by atoms with Crippen molar-refractivity contribution in [3.8, 4) is 0 Å². The van der Waals surface area contributed by atoms with E-state index < -0.39 is 0 Å². The van der Waals surface area contributed by atoms with Gasteiger partial charge < -0.3 is 10.2 Å². The molecule has 0 spiro atoms. The average molecular weight is 433 g/mol. The molecule has 2 heterocycles. The van der Waals surface area contributed by atoms with Crippen LogP contribution in [0.25, 0.3) is 0 Å². The first-order chi connectivity index (χ1) is 15.3. The summed E-state index contributed by atoms with van der Waals surface area (Å²) >= 11 is 1.63. The molecule has 160 valence electrons. The predicted octanol–water partition coefficient (Wildman–Crippen LogP) is 4.59. The van der Waals surface area contributed by atoms with E-state index in [1.54, 1.807) is 24.2 Å². The number of carbonyl (C=O) groups is 1. The molecule has 1 fully saturated rings. The first-order valence-corrected chi connectivity index (χ1v) is 11.7. The number of piperidine rings is 1. The summed E-state index contributed by atoms with van der Waals surface area (Å²) in [6.45, 7) is 2.38. The van der Waals surface area contributed by atoms with Gasteiger partial charge in [0.1, 0.15) is 5.03 Å². The first-order valence-electron chi connectivity index (χ1n) is 10.9. The zero-order valence-electron chi connectivity index (χ0n) is 17.6. The van der Waals surface area contributed by atoms with Gasteiger partial charge in [-0.15, -0.1) is 0 Å². The minimum absolute atomic E-state index is 0.0786. The fourth-order valence-electron chi connectivity index (χ4n) is 3.85. The van der Waals surface area contributed by atoms with Gasteiger partial charge in [-0.2, -0.15) is 0 Å². The number of nitrogens with zero attached hydrogens (tertiary/aromatic N) is 3. The maximum Gasteiger partial charge on any atom is 0.223 e. The highest BCUT2D eigenvalue weighted by atomic mass is 32.2. The van der Waals surface area contributed by atoms with Crippen molar-refractivity contribution in [1.82, 2.24) is 15.3 Å². The van der Waals surface area contributed by atoms with Gasteiger partial charge in [-0.3, -0.25) is 4.79 Å². The number of carbonyl (C=O) groups excluding carboxylic acids is 1. The van der Waals surface area contributed by atoms with Crippen molar-refractivity contribution >= 4 is 23.5 Å². The molecule has 0 bridgehead atoms. The van der Waals surface area contributed by atoms with Gasteiger partial charge in [0.2, 0.25) is 5.91 Å². The van der Waals surface area contributed by atoms with Crippen LogP contribution in [-0.4, -0.2) is 35.5 Å². The number of anilines is 1. The van der Waals surface area contributed by atoms with E-state index in [9.17, 15) is 4.79 Å². The molecule has 1 amide bonds. The molecule has 1 aliphatic rings. The van der Waals surface area contributed by atoms with Crippen LogP contribution in [0.15, 0.2) is 83.0 Å². The van der Waals surface area contributed by atoms with Crippen molar-refractivity contribution in [3.63, 3.8) is 0 Å². The van der Waals surface area contributed by atoms with Gasteiger partial charge in [0.15, 0.2) is 5.82 Å². The second-order valence-electron chi connectivity index (χ2n) is 7.74. The molecule has 5 nitrogen and oxygen atoms in total. The number of rotatable bonds is 8. The molecule has 2 aromatic carbocycles. The van der Waals surface area contributed by atoms with E-state index in [-0.39, 0.29) is 11.8 Å². The van der Waals surface area contributed by atoms with E-state index in [4.69, 9.17) is 0 Å². The van der Waals surface area contributed by atoms with Gasteiger partial charge in [0.25, 0.3) is 0 Å². The Morgan fingerprint density at radius 3 is 2.39 bits per heavy atom. The van der Waals surface area contributed by atoms with E-state index in [0.29, 0.717) is 0 Å². The van der Waals surface area contributed by atoms with Crippen LogP contribution in [0.1, 0.15) is 24.8 Å². The summed E-state index contributed by atoms with van der Waals surface area (Å²) in [5, 5.41) is 4.05. The largest absolute Gasteiger partial charge is 0.356 e. The Kier molecular flexibility index (Phi) is 7.56. The van der Waals surface area contributed by atoms with E-state index in [2.05, 4.69) is 56.6 Å². The zero-order valence-corrected chi connectivity index (χ0v) is 18.4. The van der Waals surface area contributed by atoms with Crippen LogP contribution < -0.4 is 10.2 Å². The lowest BCUT2D eigenvalue weighted by atomic mass is 9.96. The lowest BCUT2D eigenvalue weighted by molar-refractivity contribution is -0.125. The third kappa shape index (κ3) is 6.07. The smallest absolute Gasteiger partial charge is 0.223 e. The highest BCUT2D eigenvalue weighted by Gasteiger charge is 2.26. The van der Waals surface area contributed by atoms with Gasteiger partial charge in [-0.25, -0.2) is 9.97 Å². The Labute approximate surface area is 188 Å². The molecule has 4 rings (SSSR count). The summed E-state index contributed by atoms with van der Waals surface area (Å²) in [4.78, 5) is 25.2. The highest BCUT2D eigenvalue weighted by molar-refractivity contribution is 7.99. The van der Waals surface area contributed by atoms with Gasteiger partial charge in [-0.1, -0.05) is 60.3 Å². The molecular formula is C25H28N4OS. The Bertz CT molecular complexity index is 960. The number of aryl methyl sites for hydroxylation is 1. The molecule has 1 aromatic heterocycles. The molecule has 1 saturated heterocycles. The first kappa shape index (κ1) is 21.4. The number of benzene rings is 2. The lowest BCUT2D eigenvalue weighted by Crippen LogP contribution is -2.41. The Hall–Kier alpha value is -2.86. The fourth-order valence-corrected chi connectivity index (χ4v) is 4.76. The van der Waals surface area contributed by atoms with Crippen molar-refractivity contribution < 1.29 is 4.79 Å². The SMILES string of the molecule is O=C(NCCCc1ccccc1)C1CCN(c2nccnc2Sc2ccccc2)CC1.